The molecule has 3 amide bonds. The van der Waals surface area contributed by atoms with E-state index in [4.69, 9.17) is 5.73 Å². The number of carbonyl (C=O) groups excluding carboxylic acids is 3. The number of nitrogens with two attached hydrogens (primary N) is 1. The van der Waals surface area contributed by atoms with Crippen LogP contribution in [0.5, 0.6) is 5.75 Å². The number of amides is 3. The molecule has 0 radical (unpaired) electrons. The molecule has 2 aromatic rings. The third kappa shape index (κ3) is 9.03. The van der Waals surface area contributed by atoms with Crippen molar-refractivity contribution in [1.82, 2.24) is 16.0 Å². The average molecular weight is 499 g/mol. The smallest absolute Gasteiger partial charge is 0.326 e. The molecule has 0 fully saturated rings. The number of phenols is 1. The van der Waals surface area contributed by atoms with Crippen LogP contribution in [-0.4, -0.2) is 58.6 Å². The van der Waals surface area contributed by atoms with Crippen molar-refractivity contribution in [2.45, 2.75) is 51.2 Å². The monoisotopic (exact) mass is 498 g/mol. The molecule has 0 heterocycles. The summed E-state index contributed by atoms with van der Waals surface area (Å²) in [5.41, 5.74) is 7.24. The molecule has 0 spiro atoms. The van der Waals surface area contributed by atoms with Crippen molar-refractivity contribution >= 4 is 23.7 Å². The molecule has 0 aliphatic heterocycles. The van der Waals surface area contributed by atoms with Gasteiger partial charge in [0.25, 0.3) is 0 Å². The number of carboxylic acids is 1. The molecule has 0 saturated heterocycles. The third-order valence-electron chi connectivity index (χ3n) is 5.91. The third-order valence-corrected chi connectivity index (χ3v) is 5.91. The highest BCUT2D eigenvalue weighted by atomic mass is 16.4. The van der Waals surface area contributed by atoms with E-state index in [-0.39, 0.29) is 31.1 Å². The lowest BCUT2D eigenvalue weighted by atomic mass is 9.99. The van der Waals surface area contributed by atoms with Crippen molar-refractivity contribution in [3.8, 4) is 5.75 Å². The predicted octanol–water partition coefficient (Wildman–Crippen LogP) is 0.721. The molecular weight excluding hydrogens is 464 g/mol. The molecule has 0 bridgehead atoms. The normalized spacial score (nSPS) is 14.1. The van der Waals surface area contributed by atoms with Crippen LogP contribution in [0.25, 0.3) is 0 Å². The number of nitrogens with one attached hydrogen (secondary N) is 3. The second kappa shape index (κ2) is 13.8. The summed E-state index contributed by atoms with van der Waals surface area (Å²) in [7, 11) is 0. The minimum atomic E-state index is -1.26. The summed E-state index contributed by atoms with van der Waals surface area (Å²) >= 11 is 0. The first kappa shape index (κ1) is 28.3. The first-order valence-corrected chi connectivity index (χ1v) is 11.8. The number of rotatable bonds is 13. The van der Waals surface area contributed by atoms with Gasteiger partial charge >= 0.3 is 5.97 Å². The number of phenolic OH excluding ortho intramolecular Hbond substituents is 1. The molecule has 0 aliphatic rings. The van der Waals surface area contributed by atoms with Crippen LogP contribution in [0.4, 0.5) is 0 Å². The van der Waals surface area contributed by atoms with Gasteiger partial charge in [-0.25, -0.2) is 4.79 Å². The standard InChI is InChI=1S/C26H34N4O6/c1-3-16(2)23(27)25(34)28-15-22(32)29-20(13-17-7-5-4-6-8-17)24(33)30-21(26(35)36)14-18-9-11-19(31)12-10-18/h4-12,16,20-21,23,31H,3,13-15,27H2,1-2H3,(H,28,34)(H,29,32)(H,30,33)(H,35,36). The number of aliphatic carboxylic acids is 1. The van der Waals surface area contributed by atoms with E-state index < -0.39 is 41.8 Å². The lowest BCUT2D eigenvalue weighted by Gasteiger charge is -2.22. The van der Waals surface area contributed by atoms with E-state index in [1.165, 1.54) is 12.1 Å². The van der Waals surface area contributed by atoms with Gasteiger partial charge in [-0.2, -0.15) is 0 Å². The van der Waals surface area contributed by atoms with E-state index in [0.717, 1.165) is 5.56 Å². The van der Waals surface area contributed by atoms with E-state index in [2.05, 4.69) is 16.0 Å². The van der Waals surface area contributed by atoms with Crippen molar-refractivity contribution in [3.63, 3.8) is 0 Å². The SMILES string of the molecule is CCC(C)C(N)C(=O)NCC(=O)NC(Cc1ccccc1)C(=O)NC(Cc1ccc(O)cc1)C(=O)O. The first-order valence-electron chi connectivity index (χ1n) is 11.8. The lowest BCUT2D eigenvalue weighted by Crippen LogP contribution is -2.55. The van der Waals surface area contributed by atoms with Crippen LogP contribution in [0, 0.1) is 5.92 Å². The van der Waals surface area contributed by atoms with Crippen molar-refractivity contribution in [2.75, 3.05) is 6.54 Å². The van der Waals surface area contributed by atoms with Gasteiger partial charge in [0, 0.05) is 12.8 Å². The molecule has 4 atom stereocenters. The van der Waals surface area contributed by atoms with Crippen LogP contribution in [0.15, 0.2) is 54.6 Å². The molecule has 7 N–H and O–H groups in total. The Morgan fingerprint density at radius 1 is 0.861 bits per heavy atom. The largest absolute Gasteiger partial charge is 0.508 e. The summed E-state index contributed by atoms with van der Waals surface area (Å²) in [6, 6.07) is 11.8. The van der Waals surface area contributed by atoms with E-state index in [1.807, 2.05) is 19.9 Å². The molecule has 2 rings (SSSR count). The number of aromatic hydroxyl groups is 1. The number of carboxylic acid groups (broad SMARTS) is 1. The molecule has 10 nitrogen and oxygen atoms in total. The molecule has 36 heavy (non-hydrogen) atoms. The zero-order chi connectivity index (χ0) is 26.7. The molecular formula is C26H34N4O6. The number of hydrogen-bond acceptors (Lipinski definition) is 6. The zero-order valence-corrected chi connectivity index (χ0v) is 20.4. The van der Waals surface area contributed by atoms with Crippen LogP contribution in [0.2, 0.25) is 0 Å². The van der Waals surface area contributed by atoms with E-state index in [0.29, 0.717) is 12.0 Å². The fourth-order valence-corrected chi connectivity index (χ4v) is 3.44. The zero-order valence-electron chi connectivity index (χ0n) is 20.4. The summed E-state index contributed by atoms with van der Waals surface area (Å²) in [5.74, 6) is -3.03. The number of carbonyl (C=O) groups is 4. The highest BCUT2D eigenvalue weighted by Crippen LogP contribution is 2.12. The summed E-state index contributed by atoms with van der Waals surface area (Å²) < 4.78 is 0. The fourth-order valence-electron chi connectivity index (χ4n) is 3.44. The van der Waals surface area contributed by atoms with Crippen LogP contribution in [0.3, 0.4) is 0 Å². The van der Waals surface area contributed by atoms with Gasteiger partial charge in [0.05, 0.1) is 12.6 Å². The maximum absolute atomic E-state index is 13.1. The predicted molar refractivity (Wildman–Crippen MR) is 134 cm³/mol. The Balaban J connectivity index is 2.09. The van der Waals surface area contributed by atoms with Crippen LogP contribution in [-0.2, 0) is 32.0 Å². The summed E-state index contributed by atoms with van der Waals surface area (Å²) in [6.07, 6.45) is 0.802. The topological polar surface area (TPSA) is 171 Å². The minimum Gasteiger partial charge on any atom is -0.508 e. The van der Waals surface area contributed by atoms with Crippen LogP contribution < -0.4 is 21.7 Å². The van der Waals surface area contributed by atoms with Crippen molar-refractivity contribution < 1.29 is 29.4 Å². The van der Waals surface area contributed by atoms with Gasteiger partial charge in [-0.3, -0.25) is 14.4 Å². The van der Waals surface area contributed by atoms with Crippen LogP contribution >= 0.6 is 0 Å². The number of benzene rings is 2. The molecule has 0 aliphatic carbocycles. The van der Waals surface area contributed by atoms with E-state index >= 15 is 0 Å². The Hall–Kier alpha value is -3.92. The molecule has 194 valence electrons. The second-order valence-electron chi connectivity index (χ2n) is 8.71. The quantitative estimate of drug-likeness (QED) is 0.236. The highest BCUT2D eigenvalue weighted by Gasteiger charge is 2.27. The Labute approximate surface area is 210 Å². The number of hydrogen-bond donors (Lipinski definition) is 6. The maximum atomic E-state index is 13.1. The van der Waals surface area contributed by atoms with Gasteiger partial charge in [-0.1, -0.05) is 62.7 Å². The summed E-state index contributed by atoms with van der Waals surface area (Å²) in [5, 5.41) is 26.6. The summed E-state index contributed by atoms with van der Waals surface area (Å²) in [6.45, 7) is 3.36. The van der Waals surface area contributed by atoms with Gasteiger partial charge in [0.15, 0.2) is 0 Å². The molecule has 2 aromatic carbocycles. The average Bonchev–Trinajstić information content (AvgIpc) is 2.87. The van der Waals surface area contributed by atoms with Gasteiger partial charge in [0.1, 0.15) is 17.8 Å². The van der Waals surface area contributed by atoms with Gasteiger partial charge in [-0.15, -0.1) is 0 Å². The second-order valence-corrected chi connectivity index (χ2v) is 8.71. The Morgan fingerprint density at radius 2 is 1.44 bits per heavy atom. The van der Waals surface area contributed by atoms with Crippen molar-refractivity contribution in [1.29, 1.82) is 0 Å². The van der Waals surface area contributed by atoms with Gasteiger partial charge in [0.2, 0.25) is 17.7 Å². The minimum absolute atomic E-state index is 0.0169. The highest BCUT2D eigenvalue weighted by molar-refractivity contribution is 5.92. The Kier molecular flexibility index (Phi) is 10.9. The van der Waals surface area contributed by atoms with E-state index in [9.17, 15) is 29.4 Å². The lowest BCUT2D eigenvalue weighted by molar-refractivity contribution is -0.142. The first-order chi connectivity index (χ1) is 17.1. The van der Waals surface area contributed by atoms with Gasteiger partial charge in [-0.05, 0) is 29.2 Å². The summed E-state index contributed by atoms with van der Waals surface area (Å²) in [4.78, 5) is 49.7. The molecule has 4 unspecified atom stereocenters. The maximum Gasteiger partial charge on any atom is 0.326 e. The molecule has 0 saturated carbocycles. The molecule has 10 heteroatoms. The van der Waals surface area contributed by atoms with Crippen molar-refractivity contribution in [2.24, 2.45) is 11.7 Å². The Bertz CT molecular complexity index is 1030. The fraction of sp³-hybridized carbons (Fsp3) is 0.385. The molecule has 0 aromatic heterocycles. The Morgan fingerprint density at radius 3 is 2.03 bits per heavy atom. The van der Waals surface area contributed by atoms with Crippen LogP contribution in [0.1, 0.15) is 31.4 Å². The van der Waals surface area contributed by atoms with Gasteiger partial charge < -0.3 is 31.9 Å². The van der Waals surface area contributed by atoms with E-state index in [1.54, 1.807) is 36.4 Å². The van der Waals surface area contributed by atoms with Crippen molar-refractivity contribution in [3.05, 3.63) is 65.7 Å².